The van der Waals surface area contributed by atoms with Crippen molar-refractivity contribution in [2.24, 2.45) is 0 Å². The highest BCUT2D eigenvalue weighted by Crippen LogP contribution is 2.39. The van der Waals surface area contributed by atoms with Crippen LogP contribution in [0.4, 0.5) is 5.82 Å². The number of aliphatic hydroxyl groups is 1. The van der Waals surface area contributed by atoms with Gasteiger partial charge in [-0.1, -0.05) is 11.8 Å². The van der Waals surface area contributed by atoms with Crippen molar-refractivity contribution in [3.63, 3.8) is 0 Å². The van der Waals surface area contributed by atoms with Crippen molar-refractivity contribution in [3.8, 4) is 0 Å². The first kappa shape index (κ1) is 16.0. The van der Waals surface area contributed by atoms with Crippen LogP contribution >= 0.6 is 23.1 Å². The molecule has 0 radical (unpaired) electrons. The van der Waals surface area contributed by atoms with Gasteiger partial charge < -0.3 is 15.2 Å². The highest BCUT2D eigenvalue weighted by molar-refractivity contribution is 7.98. The summed E-state index contributed by atoms with van der Waals surface area (Å²) in [4.78, 5) is 10.9. The number of aliphatic hydroxyl groups excluding tert-OH is 1. The van der Waals surface area contributed by atoms with Crippen LogP contribution in [0.1, 0.15) is 23.3 Å². The molecule has 2 heterocycles. The average Bonchev–Trinajstić information content (AvgIpc) is 2.93. The van der Waals surface area contributed by atoms with Crippen molar-refractivity contribution in [2.75, 3.05) is 37.9 Å². The van der Waals surface area contributed by atoms with Crippen LogP contribution in [0, 0.1) is 0 Å². The maximum Gasteiger partial charge on any atom is 0.189 e. The Hall–Kier alpha value is -0.890. The lowest BCUT2D eigenvalue weighted by atomic mass is 9.98. The Morgan fingerprint density at radius 3 is 2.95 bits per heavy atom. The quantitative estimate of drug-likeness (QED) is 0.459. The number of aromatic nitrogens is 2. The van der Waals surface area contributed by atoms with Gasteiger partial charge in [0.25, 0.3) is 0 Å². The highest BCUT2D eigenvalue weighted by atomic mass is 32.2. The van der Waals surface area contributed by atoms with E-state index in [2.05, 4.69) is 10.3 Å². The molecule has 0 aliphatic heterocycles. The van der Waals surface area contributed by atoms with Gasteiger partial charge in [0.05, 0.1) is 30.0 Å². The number of fused-ring (bicyclic) bond motifs is 3. The molecular formula is C15H21N3O2S2. The Morgan fingerprint density at radius 1 is 1.27 bits per heavy atom. The molecule has 0 saturated carbocycles. The molecule has 0 amide bonds. The molecular weight excluding hydrogens is 318 g/mol. The van der Waals surface area contributed by atoms with Crippen LogP contribution in [-0.4, -0.2) is 47.7 Å². The second-order valence-corrected chi connectivity index (χ2v) is 7.09. The molecule has 2 N–H and O–H groups in total. The third kappa shape index (κ3) is 3.37. The van der Waals surface area contributed by atoms with E-state index in [0.29, 0.717) is 19.8 Å². The smallest absolute Gasteiger partial charge is 0.189 e. The maximum atomic E-state index is 8.72. The van der Waals surface area contributed by atoms with Gasteiger partial charge in [0.15, 0.2) is 5.16 Å². The van der Waals surface area contributed by atoms with Gasteiger partial charge in [-0.15, -0.1) is 11.3 Å². The first-order valence-electron chi connectivity index (χ1n) is 7.62. The number of hydrogen-bond donors (Lipinski definition) is 2. The summed E-state index contributed by atoms with van der Waals surface area (Å²) in [7, 11) is 0. The van der Waals surface area contributed by atoms with E-state index >= 15 is 0 Å². The predicted octanol–water partition coefficient (Wildman–Crippen LogP) is 2.71. The minimum atomic E-state index is 0.0615. The third-order valence-corrected chi connectivity index (χ3v) is 5.57. The summed E-state index contributed by atoms with van der Waals surface area (Å²) in [6, 6.07) is 0. The number of ether oxygens (including phenoxy) is 1. The van der Waals surface area contributed by atoms with Crippen LogP contribution in [-0.2, 0) is 17.6 Å². The number of rotatable bonds is 7. The van der Waals surface area contributed by atoms with Crippen LogP contribution in [0.15, 0.2) is 5.16 Å². The lowest BCUT2D eigenvalue weighted by Gasteiger charge is -2.10. The van der Waals surface area contributed by atoms with Gasteiger partial charge in [0.1, 0.15) is 5.82 Å². The van der Waals surface area contributed by atoms with Crippen LogP contribution in [0.25, 0.3) is 10.2 Å². The molecule has 0 unspecified atom stereocenters. The molecule has 5 nitrogen and oxygen atoms in total. The van der Waals surface area contributed by atoms with E-state index in [4.69, 9.17) is 14.8 Å². The fourth-order valence-corrected chi connectivity index (χ4v) is 4.37. The summed E-state index contributed by atoms with van der Waals surface area (Å²) in [6.45, 7) is 1.69. The molecule has 22 heavy (non-hydrogen) atoms. The zero-order valence-corrected chi connectivity index (χ0v) is 14.4. The normalized spacial score (nSPS) is 14.3. The second kappa shape index (κ2) is 7.59. The molecule has 0 saturated heterocycles. The Balaban J connectivity index is 1.85. The fraction of sp³-hybridized carbons (Fsp3) is 0.600. The second-order valence-electron chi connectivity index (χ2n) is 5.21. The van der Waals surface area contributed by atoms with E-state index in [1.165, 1.54) is 34.4 Å². The number of nitrogens with zero attached hydrogens (tertiary/aromatic N) is 2. The molecule has 3 rings (SSSR count). The molecule has 120 valence electrons. The third-order valence-electron chi connectivity index (χ3n) is 3.73. The van der Waals surface area contributed by atoms with Crippen molar-refractivity contribution in [2.45, 2.75) is 30.8 Å². The van der Waals surface area contributed by atoms with Crippen LogP contribution in [0.5, 0.6) is 0 Å². The number of aryl methyl sites for hydroxylation is 2. The molecule has 7 heteroatoms. The molecule has 0 spiro atoms. The first-order valence-corrected chi connectivity index (χ1v) is 9.66. The minimum Gasteiger partial charge on any atom is -0.394 e. The predicted molar refractivity (Wildman–Crippen MR) is 92.2 cm³/mol. The summed E-state index contributed by atoms with van der Waals surface area (Å²) in [5.74, 6) is 0.918. The number of anilines is 1. The molecule has 0 fully saturated rings. The lowest BCUT2D eigenvalue weighted by molar-refractivity contribution is 0.0992. The van der Waals surface area contributed by atoms with Crippen LogP contribution in [0.3, 0.4) is 0 Å². The van der Waals surface area contributed by atoms with Gasteiger partial charge in [-0.25, -0.2) is 9.97 Å². The molecule has 1 aliphatic rings. The highest BCUT2D eigenvalue weighted by Gasteiger charge is 2.20. The maximum absolute atomic E-state index is 8.72. The monoisotopic (exact) mass is 339 g/mol. The molecule has 0 bridgehead atoms. The van der Waals surface area contributed by atoms with Crippen molar-refractivity contribution < 1.29 is 9.84 Å². The van der Waals surface area contributed by atoms with Crippen LogP contribution < -0.4 is 5.32 Å². The Kier molecular flexibility index (Phi) is 5.51. The Labute approximate surface area is 138 Å². The number of thiophene rings is 1. The average molecular weight is 339 g/mol. The van der Waals surface area contributed by atoms with Crippen molar-refractivity contribution in [1.29, 1.82) is 0 Å². The molecule has 2 aromatic rings. The molecule has 1 aliphatic carbocycles. The molecule has 0 aromatic carbocycles. The molecule has 0 atom stereocenters. The van der Waals surface area contributed by atoms with Crippen molar-refractivity contribution >= 4 is 39.1 Å². The summed E-state index contributed by atoms with van der Waals surface area (Å²) >= 11 is 3.41. The Morgan fingerprint density at radius 2 is 2.14 bits per heavy atom. The van der Waals surface area contributed by atoms with E-state index in [9.17, 15) is 0 Å². The summed E-state index contributed by atoms with van der Waals surface area (Å²) in [6.07, 6.45) is 6.85. The number of thioether (sulfide) groups is 1. The Bertz CT molecular complexity index is 645. The summed E-state index contributed by atoms with van der Waals surface area (Å²) < 4.78 is 6.47. The van der Waals surface area contributed by atoms with E-state index < -0.39 is 0 Å². The van der Waals surface area contributed by atoms with E-state index in [1.54, 1.807) is 11.8 Å². The zero-order chi connectivity index (χ0) is 15.4. The van der Waals surface area contributed by atoms with Gasteiger partial charge in [-0.2, -0.15) is 0 Å². The fourth-order valence-electron chi connectivity index (χ4n) is 2.71. The van der Waals surface area contributed by atoms with Gasteiger partial charge in [-0.3, -0.25) is 0 Å². The van der Waals surface area contributed by atoms with Crippen LogP contribution in [0.2, 0.25) is 0 Å². The summed E-state index contributed by atoms with van der Waals surface area (Å²) in [5, 5.41) is 12.9. The van der Waals surface area contributed by atoms with Crippen molar-refractivity contribution in [1.82, 2.24) is 9.97 Å². The van der Waals surface area contributed by atoms with Gasteiger partial charge in [0.2, 0.25) is 0 Å². The standard InChI is InChI=1S/C15H21N3O2S2/c1-21-15-17-12-10-4-2-3-5-11(10)22-13(12)14(18-15)16-6-8-20-9-7-19/h19H,2-9H2,1H3,(H,16,17,18). The largest absolute Gasteiger partial charge is 0.394 e. The summed E-state index contributed by atoms with van der Waals surface area (Å²) in [5.41, 5.74) is 2.57. The van der Waals surface area contributed by atoms with E-state index in [1.807, 2.05) is 17.6 Å². The number of hydrogen-bond acceptors (Lipinski definition) is 7. The minimum absolute atomic E-state index is 0.0615. The first-order chi connectivity index (χ1) is 10.8. The topological polar surface area (TPSA) is 67.3 Å². The lowest BCUT2D eigenvalue weighted by Crippen LogP contribution is -2.12. The number of nitrogens with one attached hydrogen (secondary N) is 1. The van der Waals surface area contributed by atoms with Crippen molar-refractivity contribution in [3.05, 3.63) is 10.4 Å². The van der Waals surface area contributed by atoms with E-state index in [-0.39, 0.29) is 6.61 Å². The molecule has 2 aromatic heterocycles. The van der Waals surface area contributed by atoms with Gasteiger partial charge >= 0.3 is 0 Å². The van der Waals surface area contributed by atoms with Gasteiger partial charge in [0, 0.05) is 11.4 Å². The van der Waals surface area contributed by atoms with E-state index in [0.717, 1.165) is 22.9 Å². The zero-order valence-electron chi connectivity index (χ0n) is 12.7. The SMILES string of the molecule is CSc1nc(NCCOCCO)c2sc3c(c2n1)CCCC3. The van der Waals surface area contributed by atoms with Gasteiger partial charge in [-0.05, 0) is 37.5 Å².